The Bertz CT molecular complexity index is 319. The minimum absolute atomic E-state index is 0.284. The third kappa shape index (κ3) is 4.78. The lowest BCUT2D eigenvalue weighted by Gasteiger charge is -2.36. The lowest BCUT2D eigenvalue weighted by Crippen LogP contribution is -2.50. The average Bonchev–Trinajstić information content (AvgIpc) is 3.19. The SMILES string of the molecule is CC(C)CCCOC1CCCC(C#N)(NC2CC2)C1. The van der Waals surface area contributed by atoms with Crippen molar-refractivity contribution < 1.29 is 4.74 Å². The van der Waals surface area contributed by atoms with Crippen LogP contribution in [0.4, 0.5) is 0 Å². The maximum absolute atomic E-state index is 9.51. The van der Waals surface area contributed by atoms with Crippen LogP contribution in [-0.2, 0) is 4.74 Å². The molecule has 3 nitrogen and oxygen atoms in total. The van der Waals surface area contributed by atoms with E-state index in [0.717, 1.165) is 44.6 Å². The van der Waals surface area contributed by atoms with E-state index in [1.54, 1.807) is 0 Å². The van der Waals surface area contributed by atoms with E-state index < -0.39 is 0 Å². The molecule has 0 spiro atoms. The van der Waals surface area contributed by atoms with Gasteiger partial charge in [0.15, 0.2) is 0 Å². The van der Waals surface area contributed by atoms with Crippen molar-refractivity contribution in [1.29, 1.82) is 5.26 Å². The van der Waals surface area contributed by atoms with Crippen LogP contribution in [0, 0.1) is 17.2 Å². The standard InChI is InChI=1S/C16H28N2O/c1-13(2)5-4-10-19-15-6-3-9-16(11-15,12-17)18-14-7-8-14/h13-15,18H,3-11H2,1-2H3. The fraction of sp³-hybridized carbons (Fsp3) is 0.938. The number of ether oxygens (including phenoxy) is 1. The second-order valence-electron chi connectivity index (χ2n) is 6.74. The van der Waals surface area contributed by atoms with Gasteiger partial charge >= 0.3 is 0 Å². The van der Waals surface area contributed by atoms with Crippen molar-refractivity contribution >= 4 is 0 Å². The summed E-state index contributed by atoms with van der Waals surface area (Å²) in [6.45, 7) is 5.36. The van der Waals surface area contributed by atoms with Crippen LogP contribution in [0.2, 0.25) is 0 Å². The monoisotopic (exact) mass is 264 g/mol. The highest BCUT2D eigenvalue weighted by molar-refractivity contribution is 5.12. The normalized spacial score (nSPS) is 31.4. The second kappa shape index (κ2) is 6.72. The minimum Gasteiger partial charge on any atom is -0.378 e. The lowest BCUT2D eigenvalue weighted by atomic mass is 9.81. The molecule has 2 aliphatic carbocycles. The van der Waals surface area contributed by atoms with Crippen LogP contribution in [0.1, 0.15) is 65.2 Å². The van der Waals surface area contributed by atoms with Crippen LogP contribution >= 0.6 is 0 Å². The maximum atomic E-state index is 9.51. The topological polar surface area (TPSA) is 45.0 Å². The number of nitrogens with one attached hydrogen (secondary N) is 1. The predicted molar refractivity (Wildman–Crippen MR) is 76.8 cm³/mol. The van der Waals surface area contributed by atoms with Gasteiger partial charge in [0.1, 0.15) is 5.54 Å². The van der Waals surface area contributed by atoms with Crippen LogP contribution in [0.15, 0.2) is 0 Å². The Morgan fingerprint density at radius 3 is 2.79 bits per heavy atom. The van der Waals surface area contributed by atoms with E-state index in [9.17, 15) is 5.26 Å². The lowest BCUT2D eigenvalue weighted by molar-refractivity contribution is 0.00627. The van der Waals surface area contributed by atoms with Crippen molar-refractivity contribution in [2.45, 2.75) is 82.9 Å². The van der Waals surface area contributed by atoms with E-state index in [0.29, 0.717) is 6.04 Å². The molecule has 2 saturated carbocycles. The van der Waals surface area contributed by atoms with Gasteiger partial charge in [-0.2, -0.15) is 5.26 Å². The molecule has 19 heavy (non-hydrogen) atoms. The van der Waals surface area contributed by atoms with Crippen LogP contribution in [0.5, 0.6) is 0 Å². The largest absolute Gasteiger partial charge is 0.378 e. The zero-order chi connectivity index (χ0) is 13.7. The molecule has 0 aromatic heterocycles. The molecule has 0 saturated heterocycles. The fourth-order valence-corrected chi connectivity index (χ4v) is 2.99. The summed E-state index contributed by atoms with van der Waals surface area (Å²) in [6, 6.07) is 3.13. The maximum Gasteiger partial charge on any atom is 0.109 e. The van der Waals surface area contributed by atoms with Crippen molar-refractivity contribution in [3.63, 3.8) is 0 Å². The summed E-state index contributed by atoms with van der Waals surface area (Å²) in [7, 11) is 0. The summed E-state index contributed by atoms with van der Waals surface area (Å²) in [6.07, 6.45) is 9.24. The van der Waals surface area contributed by atoms with Gasteiger partial charge in [0, 0.05) is 19.1 Å². The predicted octanol–water partition coefficient (Wildman–Crippen LogP) is 3.40. The van der Waals surface area contributed by atoms with Gasteiger partial charge in [0.2, 0.25) is 0 Å². The summed E-state index contributed by atoms with van der Waals surface area (Å²) < 4.78 is 6.00. The molecule has 2 aliphatic rings. The quantitative estimate of drug-likeness (QED) is 0.717. The van der Waals surface area contributed by atoms with Gasteiger partial charge in [-0.25, -0.2) is 0 Å². The van der Waals surface area contributed by atoms with Crippen molar-refractivity contribution in [1.82, 2.24) is 5.32 Å². The van der Waals surface area contributed by atoms with Gasteiger partial charge < -0.3 is 4.74 Å². The van der Waals surface area contributed by atoms with Gasteiger partial charge in [-0.05, 0) is 50.9 Å². The molecule has 2 unspecified atom stereocenters. The highest BCUT2D eigenvalue weighted by atomic mass is 16.5. The molecule has 3 heteroatoms. The molecular weight excluding hydrogens is 236 g/mol. The molecule has 0 heterocycles. The van der Waals surface area contributed by atoms with Crippen LogP contribution in [-0.4, -0.2) is 24.3 Å². The first-order chi connectivity index (χ1) is 9.13. The van der Waals surface area contributed by atoms with Gasteiger partial charge in [-0.3, -0.25) is 5.32 Å². The molecular formula is C16H28N2O. The van der Waals surface area contributed by atoms with E-state index in [2.05, 4.69) is 25.2 Å². The van der Waals surface area contributed by atoms with Crippen molar-refractivity contribution in [2.24, 2.45) is 5.92 Å². The molecule has 2 rings (SSSR count). The average molecular weight is 264 g/mol. The van der Waals surface area contributed by atoms with Gasteiger partial charge in [-0.15, -0.1) is 0 Å². The Hall–Kier alpha value is -0.590. The van der Waals surface area contributed by atoms with E-state index in [4.69, 9.17) is 4.74 Å². The Morgan fingerprint density at radius 2 is 2.16 bits per heavy atom. The number of hydrogen-bond donors (Lipinski definition) is 1. The molecule has 0 aromatic carbocycles. The Labute approximate surface area is 117 Å². The summed E-state index contributed by atoms with van der Waals surface area (Å²) in [5.74, 6) is 0.754. The number of rotatable bonds is 7. The first kappa shape index (κ1) is 14.8. The summed E-state index contributed by atoms with van der Waals surface area (Å²) >= 11 is 0. The number of nitrogens with zero attached hydrogens (tertiary/aromatic N) is 1. The summed E-state index contributed by atoms with van der Waals surface area (Å²) in [5.41, 5.74) is -0.303. The third-order valence-corrected chi connectivity index (χ3v) is 4.26. The number of nitriles is 1. The van der Waals surface area contributed by atoms with E-state index in [1.165, 1.54) is 19.3 Å². The molecule has 2 fully saturated rings. The summed E-state index contributed by atoms with van der Waals surface area (Å²) in [5, 5.41) is 13.1. The first-order valence-corrected chi connectivity index (χ1v) is 7.94. The Morgan fingerprint density at radius 1 is 1.37 bits per heavy atom. The second-order valence-corrected chi connectivity index (χ2v) is 6.74. The van der Waals surface area contributed by atoms with Crippen molar-refractivity contribution in [3.8, 4) is 6.07 Å². The third-order valence-electron chi connectivity index (χ3n) is 4.26. The van der Waals surface area contributed by atoms with Crippen LogP contribution < -0.4 is 5.32 Å². The zero-order valence-electron chi connectivity index (χ0n) is 12.5. The number of hydrogen-bond acceptors (Lipinski definition) is 3. The Kier molecular flexibility index (Phi) is 5.24. The zero-order valence-corrected chi connectivity index (χ0v) is 12.5. The highest BCUT2D eigenvalue weighted by Crippen LogP contribution is 2.33. The van der Waals surface area contributed by atoms with Gasteiger partial charge in [0.25, 0.3) is 0 Å². The van der Waals surface area contributed by atoms with E-state index in [-0.39, 0.29) is 11.6 Å². The van der Waals surface area contributed by atoms with Crippen LogP contribution in [0.25, 0.3) is 0 Å². The van der Waals surface area contributed by atoms with Crippen molar-refractivity contribution in [2.75, 3.05) is 6.61 Å². The molecule has 108 valence electrons. The molecule has 0 aliphatic heterocycles. The minimum atomic E-state index is -0.303. The van der Waals surface area contributed by atoms with Crippen molar-refractivity contribution in [3.05, 3.63) is 0 Å². The van der Waals surface area contributed by atoms with Gasteiger partial charge in [-0.1, -0.05) is 13.8 Å². The molecule has 0 amide bonds. The van der Waals surface area contributed by atoms with Crippen LogP contribution in [0.3, 0.4) is 0 Å². The Balaban J connectivity index is 1.74. The smallest absolute Gasteiger partial charge is 0.109 e. The molecule has 0 bridgehead atoms. The fourth-order valence-electron chi connectivity index (χ4n) is 2.99. The molecule has 1 N–H and O–H groups in total. The molecule has 0 aromatic rings. The highest BCUT2D eigenvalue weighted by Gasteiger charge is 2.40. The summed E-state index contributed by atoms with van der Waals surface area (Å²) in [4.78, 5) is 0. The van der Waals surface area contributed by atoms with E-state index in [1.807, 2.05) is 0 Å². The van der Waals surface area contributed by atoms with Gasteiger partial charge in [0.05, 0.1) is 12.2 Å². The first-order valence-electron chi connectivity index (χ1n) is 7.94. The molecule has 2 atom stereocenters. The van der Waals surface area contributed by atoms with E-state index >= 15 is 0 Å². The molecule has 0 radical (unpaired) electrons.